The van der Waals surface area contributed by atoms with Gasteiger partial charge < -0.3 is 10.5 Å². The summed E-state index contributed by atoms with van der Waals surface area (Å²) >= 11 is 0. The fourth-order valence-electron chi connectivity index (χ4n) is 1.35. The number of nitrogens with zero attached hydrogens (tertiary/aromatic N) is 1. The first kappa shape index (κ1) is 13.7. The van der Waals surface area contributed by atoms with Gasteiger partial charge in [0, 0.05) is 6.07 Å². The Morgan fingerprint density at radius 3 is 2.39 bits per heavy atom. The molecule has 0 aliphatic rings. The van der Waals surface area contributed by atoms with E-state index in [1.165, 1.54) is 0 Å². The van der Waals surface area contributed by atoms with Gasteiger partial charge in [-0.25, -0.2) is 4.79 Å². The van der Waals surface area contributed by atoms with Crippen LogP contribution in [-0.4, -0.2) is 18.0 Å². The van der Waals surface area contributed by atoms with Crippen LogP contribution in [0.15, 0.2) is 12.1 Å². The van der Waals surface area contributed by atoms with Gasteiger partial charge in [-0.3, -0.25) is 10.1 Å². The molecule has 0 aliphatic heterocycles. The van der Waals surface area contributed by atoms with E-state index in [4.69, 9.17) is 5.73 Å². The normalized spacial score (nSPS) is 11.1. The molecule has 0 fully saturated rings. The maximum absolute atomic E-state index is 12.7. The molecule has 18 heavy (non-hydrogen) atoms. The summed E-state index contributed by atoms with van der Waals surface area (Å²) in [4.78, 5) is 20.6. The summed E-state index contributed by atoms with van der Waals surface area (Å²) in [5, 5.41) is 10.5. The first-order valence-electron chi connectivity index (χ1n) is 4.42. The van der Waals surface area contributed by atoms with Crippen molar-refractivity contribution in [1.29, 1.82) is 0 Å². The fraction of sp³-hybridized carbons (Fsp3) is 0.222. The van der Waals surface area contributed by atoms with Crippen LogP contribution in [0.1, 0.15) is 15.9 Å². The first-order chi connectivity index (χ1) is 8.20. The molecule has 0 spiro atoms. The number of benzene rings is 1. The number of methoxy groups -OCH3 is 1. The third-order valence-electron chi connectivity index (χ3n) is 2.11. The smallest absolute Gasteiger partial charge is 0.419 e. The molecule has 9 heteroatoms. The Labute approximate surface area is 98.3 Å². The average molecular weight is 264 g/mol. The summed E-state index contributed by atoms with van der Waals surface area (Å²) < 4.78 is 42.4. The van der Waals surface area contributed by atoms with Crippen molar-refractivity contribution in [3.05, 3.63) is 33.4 Å². The molecular weight excluding hydrogens is 257 g/mol. The van der Waals surface area contributed by atoms with Crippen LogP contribution in [0.2, 0.25) is 0 Å². The Balaban J connectivity index is 3.62. The highest BCUT2D eigenvalue weighted by molar-refractivity contribution is 5.94. The Morgan fingerprint density at radius 2 is 2.00 bits per heavy atom. The van der Waals surface area contributed by atoms with Crippen molar-refractivity contribution in [3.63, 3.8) is 0 Å². The summed E-state index contributed by atoms with van der Waals surface area (Å²) in [5.74, 6) is -1.27. The van der Waals surface area contributed by atoms with Gasteiger partial charge in [0.25, 0.3) is 5.69 Å². The van der Waals surface area contributed by atoms with E-state index in [-0.39, 0.29) is 0 Å². The van der Waals surface area contributed by atoms with E-state index >= 15 is 0 Å². The van der Waals surface area contributed by atoms with Crippen molar-refractivity contribution in [1.82, 2.24) is 0 Å². The number of nitro groups is 1. The molecule has 0 aromatic heterocycles. The lowest BCUT2D eigenvalue weighted by atomic mass is 10.0. The minimum absolute atomic E-state index is 0.656. The number of nitrogen functional groups attached to an aromatic ring is 1. The molecule has 98 valence electrons. The summed E-state index contributed by atoms with van der Waals surface area (Å²) in [7, 11) is 0.889. The lowest BCUT2D eigenvalue weighted by molar-refractivity contribution is -0.384. The Hall–Kier alpha value is -2.32. The molecule has 2 N–H and O–H groups in total. The third kappa shape index (κ3) is 2.34. The van der Waals surface area contributed by atoms with Gasteiger partial charge >= 0.3 is 12.1 Å². The lowest BCUT2D eigenvalue weighted by Gasteiger charge is -2.13. The van der Waals surface area contributed by atoms with Crippen LogP contribution in [0.4, 0.5) is 24.5 Å². The molecule has 0 bridgehead atoms. The van der Waals surface area contributed by atoms with E-state index in [0.29, 0.717) is 6.07 Å². The number of ether oxygens (including phenoxy) is 1. The van der Waals surface area contributed by atoms with Gasteiger partial charge in [-0.2, -0.15) is 13.2 Å². The van der Waals surface area contributed by atoms with Crippen LogP contribution >= 0.6 is 0 Å². The van der Waals surface area contributed by atoms with Crippen LogP contribution in [0.3, 0.4) is 0 Å². The van der Waals surface area contributed by atoms with Crippen molar-refractivity contribution in [2.45, 2.75) is 6.18 Å². The van der Waals surface area contributed by atoms with Gasteiger partial charge in [0.15, 0.2) is 0 Å². The SMILES string of the molecule is COC(=O)c1ccc([N+](=O)[O-])c(N)c1C(F)(F)F. The topological polar surface area (TPSA) is 95.5 Å². The highest BCUT2D eigenvalue weighted by Crippen LogP contribution is 2.40. The van der Waals surface area contributed by atoms with Crippen LogP contribution < -0.4 is 5.73 Å². The summed E-state index contributed by atoms with van der Waals surface area (Å²) in [6.07, 6.45) is -5.00. The zero-order valence-electron chi connectivity index (χ0n) is 8.95. The van der Waals surface area contributed by atoms with Crippen molar-refractivity contribution >= 4 is 17.3 Å². The quantitative estimate of drug-likeness (QED) is 0.381. The van der Waals surface area contributed by atoms with Crippen LogP contribution in [-0.2, 0) is 10.9 Å². The average Bonchev–Trinajstić information content (AvgIpc) is 2.25. The molecule has 0 aliphatic carbocycles. The number of anilines is 1. The summed E-state index contributed by atoms with van der Waals surface area (Å²) in [6, 6.07) is 1.37. The second kappa shape index (κ2) is 4.51. The molecule has 6 nitrogen and oxygen atoms in total. The molecule has 0 saturated carbocycles. The van der Waals surface area contributed by atoms with E-state index < -0.39 is 39.6 Å². The molecule has 0 heterocycles. The zero-order valence-corrected chi connectivity index (χ0v) is 8.95. The van der Waals surface area contributed by atoms with Crippen LogP contribution in [0.25, 0.3) is 0 Å². The number of hydrogen-bond donors (Lipinski definition) is 1. The number of halogens is 3. The maximum atomic E-state index is 12.7. The second-order valence-corrected chi connectivity index (χ2v) is 3.17. The van der Waals surface area contributed by atoms with Gasteiger partial charge in [-0.1, -0.05) is 0 Å². The molecule has 0 atom stereocenters. The number of rotatable bonds is 2. The minimum atomic E-state index is -5.00. The maximum Gasteiger partial charge on any atom is 0.419 e. The molecule has 1 aromatic rings. The monoisotopic (exact) mass is 264 g/mol. The zero-order chi connectivity index (χ0) is 14.1. The summed E-state index contributed by atoms with van der Waals surface area (Å²) in [6.45, 7) is 0. The fourth-order valence-corrected chi connectivity index (χ4v) is 1.35. The number of esters is 1. The molecule has 0 saturated heterocycles. The van der Waals surface area contributed by atoms with Crippen molar-refractivity contribution < 1.29 is 27.6 Å². The molecule has 0 unspecified atom stereocenters. The van der Waals surface area contributed by atoms with Gasteiger partial charge in [-0.15, -0.1) is 0 Å². The standard InChI is InChI=1S/C9H7F3N2O4/c1-18-8(15)4-2-3-5(14(16)17)7(13)6(4)9(10,11)12/h2-3H,13H2,1H3. The van der Waals surface area contributed by atoms with Gasteiger partial charge in [0.2, 0.25) is 0 Å². The van der Waals surface area contributed by atoms with E-state index in [0.717, 1.165) is 13.2 Å². The minimum Gasteiger partial charge on any atom is -0.465 e. The van der Waals surface area contributed by atoms with Crippen molar-refractivity contribution in [2.24, 2.45) is 0 Å². The number of alkyl halides is 3. The third-order valence-corrected chi connectivity index (χ3v) is 2.11. The molecule has 1 rings (SSSR count). The second-order valence-electron chi connectivity index (χ2n) is 3.17. The number of carbonyl (C=O) groups excluding carboxylic acids is 1. The largest absolute Gasteiger partial charge is 0.465 e. The Bertz CT molecular complexity index is 513. The highest BCUT2D eigenvalue weighted by Gasteiger charge is 2.40. The number of nitro benzene ring substituents is 1. The van der Waals surface area contributed by atoms with Crippen molar-refractivity contribution in [2.75, 3.05) is 12.8 Å². The van der Waals surface area contributed by atoms with Gasteiger partial charge in [-0.05, 0) is 6.07 Å². The van der Waals surface area contributed by atoms with Gasteiger partial charge in [0.05, 0.1) is 23.2 Å². The van der Waals surface area contributed by atoms with E-state index in [2.05, 4.69) is 4.74 Å². The molecule has 0 radical (unpaired) electrons. The van der Waals surface area contributed by atoms with Crippen LogP contribution in [0.5, 0.6) is 0 Å². The van der Waals surface area contributed by atoms with Gasteiger partial charge in [0.1, 0.15) is 5.69 Å². The molecule has 0 amide bonds. The number of nitrogens with two attached hydrogens (primary N) is 1. The Kier molecular flexibility index (Phi) is 3.44. The highest BCUT2D eigenvalue weighted by atomic mass is 19.4. The van der Waals surface area contributed by atoms with Crippen molar-refractivity contribution in [3.8, 4) is 0 Å². The van der Waals surface area contributed by atoms with E-state index in [9.17, 15) is 28.1 Å². The number of hydrogen-bond acceptors (Lipinski definition) is 5. The van der Waals surface area contributed by atoms with Crippen LogP contribution in [0, 0.1) is 10.1 Å². The van der Waals surface area contributed by atoms with E-state index in [1.807, 2.05) is 0 Å². The lowest BCUT2D eigenvalue weighted by Crippen LogP contribution is -2.17. The summed E-state index contributed by atoms with van der Waals surface area (Å²) in [5.41, 5.74) is 0.624. The van der Waals surface area contributed by atoms with E-state index in [1.54, 1.807) is 0 Å². The molecular formula is C9H7F3N2O4. The number of carbonyl (C=O) groups is 1. The molecule has 1 aromatic carbocycles. The predicted octanol–water partition coefficient (Wildman–Crippen LogP) is 1.98. The predicted molar refractivity (Wildman–Crippen MR) is 53.9 cm³/mol. The Morgan fingerprint density at radius 1 is 1.44 bits per heavy atom. The first-order valence-corrected chi connectivity index (χ1v) is 4.42.